The summed E-state index contributed by atoms with van der Waals surface area (Å²) >= 11 is 0. The van der Waals surface area contributed by atoms with Gasteiger partial charge in [-0.2, -0.15) is 0 Å². The third kappa shape index (κ3) is 2.68. The van der Waals surface area contributed by atoms with Crippen LogP contribution in [0.25, 0.3) is 21.9 Å². The van der Waals surface area contributed by atoms with E-state index in [0.29, 0.717) is 5.56 Å². The van der Waals surface area contributed by atoms with E-state index in [1.807, 2.05) is 58.0 Å². The van der Waals surface area contributed by atoms with Gasteiger partial charge >= 0.3 is 7.12 Å². The Balaban J connectivity index is 2.02. The third-order valence-electron chi connectivity index (χ3n) is 5.21. The maximum absolute atomic E-state index is 8.42. The quantitative estimate of drug-likeness (QED) is 0.626. The number of hydrogen-bond acceptors (Lipinski definition) is 2. The third-order valence-corrected chi connectivity index (χ3v) is 5.21. The first-order valence-corrected chi connectivity index (χ1v) is 8.41. The van der Waals surface area contributed by atoms with Gasteiger partial charge in [0.2, 0.25) is 0 Å². The second-order valence-electron chi connectivity index (χ2n) is 7.34. The molecule has 1 aliphatic rings. The maximum atomic E-state index is 8.42. The maximum Gasteiger partial charge on any atom is 0.495 e. The van der Waals surface area contributed by atoms with Gasteiger partial charge in [0.1, 0.15) is 0 Å². The summed E-state index contributed by atoms with van der Waals surface area (Å²) in [6.45, 7) is 7.92. The zero-order valence-electron chi connectivity index (χ0n) is 19.9. The fourth-order valence-electron chi connectivity index (χ4n) is 3.13. The van der Waals surface area contributed by atoms with Crippen LogP contribution < -0.4 is 5.46 Å². The molecule has 1 saturated heterocycles. The van der Waals surface area contributed by atoms with E-state index in [-0.39, 0.29) is 29.7 Å². The van der Waals surface area contributed by atoms with Gasteiger partial charge in [-0.25, -0.2) is 0 Å². The van der Waals surface area contributed by atoms with Gasteiger partial charge in [0.05, 0.1) is 18.1 Å². The Hall–Kier alpha value is -2.10. The molecule has 1 aliphatic heterocycles. The van der Waals surface area contributed by atoms with Crippen molar-refractivity contribution >= 4 is 23.4 Å². The van der Waals surface area contributed by atoms with Crippen molar-refractivity contribution in [2.75, 3.05) is 0 Å². The molecule has 2 nitrogen and oxygen atoms in total. The summed E-state index contributed by atoms with van der Waals surface area (Å²) in [7, 11) is -0.635. The van der Waals surface area contributed by atoms with Crippen LogP contribution in [0.4, 0.5) is 0 Å². The van der Waals surface area contributed by atoms with Crippen LogP contribution >= 0.6 is 0 Å². The monoisotopic (exact) mass is 335 g/mol. The Kier molecular flexibility index (Phi) is 2.63. The average Bonchev–Trinajstić information content (AvgIpc) is 2.91. The van der Waals surface area contributed by atoms with Crippen LogP contribution in [-0.4, -0.2) is 18.3 Å². The first kappa shape index (κ1) is 11.5. The van der Waals surface area contributed by atoms with Crippen LogP contribution in [0.3, 0.4) is 0 Å². The lowest BCUT2D eigenvalue weighted by Crippen LogP contribution is -2.41. The minimum Gasteiger partial charge on any atom is -0.399 e. The van der Waals surface area contributed by atoms with E-state index in [9.17, 15) is 0 Å². The van der Waals surface area contributed by atoms with Crippen LogP contribution in [0.1, 0.15) is 34.5 Å². The summed E-state index contributed by atoms with van der Waals surface area (Å²) < 4.78 is 53.4. The Morgan fingerprint density at radius 2 is 1.44 bits per heavy atom. The Labute approximate surface area is 156 Å². The standard InChI is InChI=1S/C22H23BO2/c1-21(2)22(3,4)25-23(24-21)19-15-9-13-17-12-8-14-18(20(17)19)16-10-6-5-7-11-16/h5-15H,1-4H3/i5D,6D,7D,10D,11D. The van der Waals surface area contributed by atoms with Crippen LogP contribution in [0.15, 0.2) is 66.6 Å². The topological polar surface area (TPSA) is 18.5 Å². The summed E-state index contributed by atoms with van der Waals surface area (Å²) in [6.07, 6.45) is 0. The molecule has 1 fully saturated rings. The van der Waals surface area contributed by atoms with Gasteiger partial charge in [0.15, 0.2) is 0 Å². The molecule has 3 aromatic carbocycles. The van der Waals surface area contributed by atoms with Crippen molar-refractivity contribution in [1.82, 2.24) is 0 Å². The Bertz CT molecular complexity index is 1130. The van der Waals surface area contributed by atoms with Gasteiger partial charge in [-0.05, 0) is 55.1 Å². The van der Waals surface area contributed by atoms with Gasteiger partial charge < -0.3 is 9.31 Å². The van der Waals surface area contributed by atoms with Crippen LogP contribution in [0, 0.1) is 0 Å². The molecule has 1 heterocycles. The molecule has 0 spiro atoms. The molecule has 25 heavy (non-hydrogen) atoms. The first-order chi connectivity index (χ1) is 14.0. The smallest absolute Gasteiger partial charge is 0.399 e. The first-order valence-electron chi connectivity index (χ1n) is 10.9. The van der Waals surface area contributed by atoms with Crippen molar-refractivity contribution in [2.45, 2.75) is 38.9 Å². The Morgan fingerprint density at radius 1 is 0.840 bits per heavy atom. The van der Waals surface area contributed by atoms with E-state index in [1.165, 1.54) is 0 Å². The molecule has 3 heteroatoms. The SMILES string of the molecule is [2H]c1c([2H])c([2H])c(-c2cccc3cccc(B4OC(C)(C)C(C)(C)O4)c23)c([2H])c1[2H]. The van der Waals surface area contributed by atoms with E-state index in [0.717, 1.165) is 16.2 Å². The molecule has 0 aliphatic carbocycles. The zero-order chi connectivity index (χ0) is 22.0. The lowest BCUT2D eigenvalue weighted by Gasteiger charge is -2.32. The minimum atomic E-state index is -0.635. The molecule has 126 valence electrons. The van der Waals surface area contributed by atoms with Gasteiger partial charge in [-0.1, -0.05) is 66.6 Å². The second kappa shape index (κ2) is 5.72. The van der Waals surface area contributed by atoms with Crippen molar-refractivity contribution in [3.05, 3.63) is 66.6 Å². The van der Waals surface area contributed by atoms with Crippen molar-refractivity contribution in [1.29, 1.82) is 0 Å². The largest absolute Gasteiger partial charge is 0.495 e. The van der Waals surface area contributed by atoms with Gasteiger partial charge in [-0.3, -0.25) is 0 Å². The summed E-state index contributed by atoms with van der Waals surface area (Å²) in [4.78, 5) is 0. The highest BCUT2D eigenvalue weighted by Gasteiger charge is 2.52. The van der Waals surface area contributed by atoms with Crippen molar-refractivity contribution in [2.24, 2.45) is 0 Å². The minimum absolute atomic E-state index is 0.176. The summed E-state index contributed by atoms with van der Waals surface area (Å²) in [6, 6.07) is 9.74. The molecular formula is C22H23BO2. The molecule has 3 aromatic rings. The fraction of sp³-hybridized carbons (Fsp3) is 0.273. The normalized spacial score (nSPS) is 21.4. The van der Waals surface area contributed by atoms with Gasteiger partial charge in [0, 0.05) is 0 Å². The molecule has 0 bridgehead atoms. The molecule has 4 rings (SSSR count). The van der Waals surface area contributed by atoms with Crippen LogP contribution in [0.2, 0.25) is 0 Å². The number of fused-ring (bicyclic) bond motifs is 1. The lowest BCUT2D eigenvalue weighted by molar-refractivity contribution is 0.00578. The van der Waals surface area contributed by atoms with Crippen LogP contribution in [0.5, 0.6) is 0 Å². The van der Waals surface area contributed by atoms with Crippen LogP contribution in [-0.2, 0) is 9.31 Å². The van der Waals surface area contributed by atoms with Crippen molar-refractivity contribution in [3.63, 3.8) is 0 Å². The summed E-state index contributed by atoms with van der Waals surface area (Å²) in [5.74, 6) is 0. The highest BCUT2D eigenvalue weighted by atomic mass is 16.7. The van der Waals surface area contributed by atoms with E-state index in [1.54, 1.807) is 6.07 Å². The Morgan fingerprint density at radius 3 is 2.08 bits per heavy atom. The lowest BCUT2D eigenvalue weighted by atomic mass is 9.74. The summed E-state index contributed by atoms with van der Waals surface area (Å²) in [5.41, 5.74) is 0.468. The molecule has 0 radical (unpaired) electrons. The van der Waals surface area contributed by atoms with E-state index < -0.39 is 24.4 Å². The zero-order valence-corrected chi connectivity index (χ0v) is 14.9. The highest BCUT2D eigenvalue weighted by Crippen LogP contribution is 2.38. The average molecular weight is 335 g/mol. The van der Waals surface area contributed by atoms with E-state index in [4.69, 9.17) is 16.2 Å². The molecule has 0 amide bonds. The highest BCUT2D eigenvalue weighted by molar-refractivity contribution is 6.65. The van der Waals surface area contributed by atoms with Crippen molar-refractivity contribution < 1.29 is 16.2 Å². The van der Waals surface area contributed by atoms with E-state index in [2.05, 4.69) is 0 Å². The fourth-order valence-corrected chi connectivity index (χ4v) is 3.13. The number of benzene rings is 3. The predicted octanol–water partition coefficient (Wildman–Crippen LogP) is 4.81. The molecule has 0 saturated carbocycles. The second-order valence-corrected chi connectivity index (χ2v) is 7.34. The number of rotatable bonds is 2. The molecule has 0 unspecified atom stereocenters. The molecule has 0 N–H and O–H groups in total. The molecule has 0 aromatic heterocycles. The number of hydrogen-bond donors (Lipinski definition) is 0. The predicted molar refractivity (Wildman–Crippen MR) is 105 cm³/mol. The summed E-state index contributed by atoms with van der Waals surface area (Å²) in [5, 5.41) is 1.64. The molecular weight excluding hydrogens is 307 g/mol. The van der Waals surface area contributed by atoms with Gasteiger partial charge in [-0.15, -0.1) is 0 Å². The van der Waals surface area contributed by atoms with E-state index >= 15 is 0 Å². The van der Waals surface area contributed by atoms with Crippen molar-refractivity contribution in [3.8, 4) is 11.1 Å². The van der Waals surface area contributed by atoms with Gasteiger partial charge in [0.25, 0.3) is 0 Å². The molecule has 0 atom stereocenters.